The molecule has 150 valence electrons. The topological polar surface area (TPSA) is 67.7 Å². The van der Waals surface area contributed by atoms with Gasteiger partial charge in [0.1, 0.15) is 11.9 Å². The van der Waals surface area contributed by atoms with Gasteiger partial charge in [-0.1, -0.05) is 17.7 Å². The van der Waals surface area contributed by atoms with Crippen molar-refractivity contribution in [2.45, 2.75) is 25.8 Å². The summed E-state index contributed by atoms with van der Waals surface area (Å²) in [7, 11) is 0. The van der Waals surface area contributed by atoms with E-state index in [1.54, 1.807) is 6.92 Å². The van der Waals surface area contributed by atoms with Crippen LogP contribution in [0.25, 0.3) is 0 Å². The molecule has 0 aliphatic carbocycles. The summed E-state index contributed by atoms with van der Waals surface area (Å²) in [5.74, 6) is -0.906. The Kier molecular flexibility index (Phi) is 5.27. The SMILES string of the molecule is CCOC(=O)C1=C2CCCN2C(c2ncc(F)cn2)=NC1c1ccc(F)cc1Cl. The maximum absolute atomic E-state index is 13.6. The molecule has 0 saturated carbocycles. The fourth-order valence-electron chi connectivity index (χ4n) is 3.60. The van der Waals surface area contributed by atoms with Crippen LogP contribution in [0, 0.1) is 11.6 Å². The lowest BCUT2D eigenvalue weighted by atomic mass is 9.94. The molecule has 1 fully saturated rings. The van der Waals surface area contributed by atoms with Gasteiger partial charge in [0.05, 0.1) is 24.6 Å². The molecule has 1 aromatic carbocycles. The highest BCUT2D eigenvalue weighted by atomic mass is 35.5. The molecule has 1 aromatic heterocycles. The summed E-state index contributed by atoms with van der Waals surface area (Å²) in [6.07, 6.45) is 3.54. The predicted molar refractivity (Wildman–Crippen MR) is 102 cm³/mol. The minimum Gasteiger partial charge on any atom is -0.463 e. The van der Waals surface area contributed by atoms with Gasteiger partial charge in [-0.2, -0.15) is 0 Å². The molecular weight excluding hydrogens is 402 g/mol. The number of aromatic nitrogens is 2. The van der Waals surface area contributed by atoms with E-state index in [1.807, 2.05) is 4.90 Å². The standard InChI is InChI=1S/C20H17ClF2N4O2/c1-2-29-20(28)16-15-4-3-7-27(15)19(18-24-9-12(23)10-25-18)26-17(16)13-6-5-11(22)8-14(13)21/h5-6,8-10,17H,2-4,7H2,1H3. The largest absolute Gasteiger partial charge is 0.463 e. The van der Waals surface area contributed by atoms with Crippen LogP contribution in [0.5, 0.6) is 0 Å². The van der Waals surface area contributed by atoms with E-state index in [1.165, 1.54) is 18.2 Å². The zero-order valence-electron chi connectivity index (χ0n) is 15.5. The predicted octanol–water partition coefficient (Wildman–Crippen LogP) is 3.82. The van der Waals surface area contributed by atoms with E-state index in [9.17, 15) is 13.6 Å². The van der Waals surface area contributed by atoms with E-state index >= 15 is 0 Å². The highest BCUT2D eigenvalue weighted by molar-refractivity contribution is 6.31. The van der Waals surface area contributed by atoms with Crippen molar-refractivity contribution >= 4 is 23.4 Å². The Morgan fingerprint density at radius 1 is 1.28 bits per heavy atom. The van der Waals surface area contributed by atoms with E-state index < -0.39 is 23.6 Å². The van der Waals surface area contributed by atoms with E-state index in [4.69, 9.17) is 21.3 Å². The number of allylic oxidation sites excluding steroid dienone is 1. The number of carbonyl (C=O) groups is 1. The third-order valence-electron chi connectivity index (χ3n) is 4.79. The fourth-order valence-corrected chi connectivity index (χ4v) is 3.87. The smallest absolute Gasteiger partial charge is 0.338 e. The van der Waals surface area contributed by atoms with Gasteiger partial charge in [0.15, 0.2) is 17.5 Å². The van der Waals surface area contributed by atoms with Crippen LogP contribution >= 0.6 is 11.6 Å². The Bertz CT molecular complexity index is 1020. The Morgan fingerprint density at radius 2 is 2.03 bits per heavy atom. The number of esters is 1. The molecule has 0 spiro atoms. The first-order valence-electron chi connectivity index (χ1n) is 9.18. The summed E-state index contributed by atoms with van der Waals surface area (Å²) in [6, 6.07) is 3.13. The van der Waals surface area contributed by atoms with E-state index in [2.05, 4.69) is 9.97 Å². The quantitative estimate of drug-likeness (QED) is 0.706. The molecule has 2 aromatic rings. The van der Waals surface area contributed by atoms with Crippen molar-refractivity contribution in [3.05, 3.63) is 69.9 Å². The molecule has 9 heteroatoms. The van der Waals surface area contributed by atoms with Gasteiger partial charge in [0.2, 0.25) is 0 Å². The Hall–Kier alpha value is -2.87. The number of ether oxygens (including phenoxy) is 1. The molecule has 4 rings (SSSR count). The van der Waals surface area contributed by atoms with Crippen LogP contribution in [0.3, 0.4) is 0 Å². The summed E-state index contributed by atoms with van der Waals surface area (Å²) >= 11 is 6.29. The number of fused-ring (bicyclic) bond motifs is 1. The third-order valence-corrected chi connectivity index (χ3v) is 5.11. The molecule has 6 nitrogen and oxygen atoms in total. The van der Waals surface area contributed by atoms with Crippen LogP contribution in [0.15, 0.2) is 46.9 Å². The summed E-state index contributed by atoms with van der Waals surface area (Å²) in [6.45, 7) is 2.54. The van der Waals surface area contributed by atoms with Gasteiger partial charge in [-0.05, 0) is 31.9 Å². The number of halogens is 3. The maximum atomic E-state index is 13.6. The minimum atomic E-state index is -0.810. The highest BCUT2D eigenvalue weighted by Crippen LogP contribution is 2.42. The molecule has 2 aliphatic heterocycles. The molecule has 2 aliphatic rings. The lowest BCUT2D eigenvalue weighted by molar-refractivity contribution is -0.139. The minimum absolute atomic E-state index is 0.145. The summed E-state index contributed by atoms with van der Waals surface area (Å²) in [4.78, 5) is 27.5. The molecule has 29 heavy (non-hydrogen) atoms. The summed E-state index contributed by atoms with van der Waals surface area (Å²) in [5, 5.41) is 0.145. The Labute approximate surface area is 170 Å². The number of hydrogen-bond acceptors (Lipinski definition) is 6. The number of rotatable bonds is 4. The van der Waals surface area contributed by atoms with Gasteiger partial charge >= 0.3 is 5.97 Å². The zero-order chi connectivity index (χ0) is 20.5. The molecule has 0 N–H and O–H groups in total. The number of hydrogen-bond donors (Lipinski definition) is 0. The first-order chi connectivity index (χ1) is 14.0. The van der Waals surface area contributed by atoms with Gasteiger partial charge in [0, 0.05) is 22.8 Å². The van der Waals surface area contributed by atoms with Crippen LogP contribution in [-0.2, 0) is 9.53 Å². The van der Waals surface area contributed by atoms with Crippen molar-refractivity contribution in [3.8, 4) is 0 Å². The molecule has 1 saturated heterocycles. The van der Waals surface area contributed by atoms with Crippen molar-refractivity contribution in [1.29, 1.82) is 0 Å². The van der Waals surface area contributed by atoms with Crippen molar-refractivity contribution in [2.75, 3.05) is 13.2 Å². The summed E-state index contributed by atoms with van der Waals surface area (Å²) in [5.41, 5.74) is 1.57. The average Bonchev–Trinajstić information content (AvgIpc) is 3.17. The number of carbonyl (C=O) groups excluding carboxylic acids is 1. The van der Waals surface area contributed by atoms with Gasteiger partial charge in [0.25, 0.3) is 0 Å². The van der Waals surface area contributed by atoms with Crippen LogP contribution in [0.4, 0.5) is 8.78 Å². The van der Waals surface area contributed by atoms with Crippen molar-refractivity contribution in [2.24, 2.45) is 4.99 Å². The third kappa shape index (κ3) is 3.60. The second kappa shape index (κ2) is 7.87. The first-order valence-corrected chi connectivity index (χ1v) is 9.55. The summed E-state index contributed by atoms with van der Waals surface area (Å²) < 4.78 is 32.2. The number of aliphatic imine (C=N–C) groups is 1. The van der Waals surface area contributed by atoms with Gasteiger partial charge < -0.3 is 9.64 Å². The monoisotopic (exact) mass is 418 g/mol. The van der Waals surface area contributed by atoms with Crippen molar-refractivity contribution in [3.63, 3.8) is 0 Å². The van der Waals surface area contributed by atoms with Crippen LogP contribution in [0.1, 0.15) is 37.2 Å². The van der Waals surface area contributed by atoms with E-state index in [0.717, 1.165) is 24.5 Å². The van der Waals surface area contributed by atoms with Gasteiger partial charge in [-0.15, -0.1) is 0 Å². The molecule has 0 bridgehead atoms. The van der Waals surface area contributed by atoms with Crippen LogP contribution in [0.2, 0.25) is 5.02 Å². The second-order valence-electron chi connectivity index (χ2n) is 6.58. The molecule has 1 atom stereocenters. The second-order valence-corrected chi connectivity index (χ2v) is 6.99. The number of nitrogens with zero attached hydrogens (tertiary/aromatic N) is 4. The molecule has 3 heterocycles. The lowest BCUT2D eigenvalue weighted by Crippen LogP contribution is -2.36. The van der Waals surface area contributed by atoms with E-state index in [-0.39, 0.29) is 17.5 Å². The molecule has 0 radical (unpaired) electrons. The van der Waals surface area contributed by atoms with Gasteiger partial charge in [-0.25, -0.2) is 23.5 Å². The first kappa shape index (κ1) is 19.4. The normalized spacial score (nSPS) is 18.6. The van der Waals surface area contributed by atoms with E-state index in [0.29, 0.717) is 29.9 Å². The Balaban J connectivity index is 1.89. The van der Waals surface area contributed by atoms with Crippen molar-refractivity contribution < 1.29 is 18.3 Å². The average molecular weight is 419 g/mol. The lowest BCUT2D eigenvalue weighted by Gasteiger charge is -2.32. The molecular formula is C20H17ClF2N4O2. The Morgan fingerprint density at radius 3 is 2.72 bits per heavy atom. The molecule has 1 unspecified atom stereocenters. The molecule has 0 amide bonds. The zero-order valence-corrected chi connectivity index (χ0v) is 16.3. The van der Waals surface area contributed by atoms with Gasteiger partial charge in [-0.3, -0.25) is 4.99 Å². The number of benzene rings is 1. The van der Waals surface area contributed by atoms with Crippen molar-refractivity contribution in [1.82, 2.24) is 14.9 Å². The highest BCUT2D eigenvalue weighted by Gasteiger charge is 2.39. The maximum Gasteiger partial charge on any atom is 0.338 e. The fraction of sp³-hybridized carbons (Fsp3) is 0.300. The van der Waals surface area contributed by atoms with Crippen LogP contribution < -0.4 is 0 Å². The number of amidine groups is 1. The van der Waals surface area contributed by atoms with Crippen LogP contribution in [-0.4, -0.2) is 39.8 Å².